The maximum absolute atomic E-state index is 9.99. The SMILES string of the molecule is CCOc1ccc(NCC(O)c2cccnc2)cc1. The second-order valence-electron chi connectivity index (χ2n) is 4.14. The molecule has 1 aromatic heterocycles. The Labute approximate surface area is 113 Å². The number of nitrogens with zero attached hydrogens (tertiary/aromatic N) is 1. The lowest BCUT2D eigenvalue weighted by Crippen LogP contribution is -2.12. The van der Waals surface area contributed by atoms with Gasteiger partial charge in [-0.2, -0.15) is 0 Å². The molecule has 0 amide bonds. The minimum Gasteiger partial charge on any atom is -0.494 e. The first-order valence-corrected chi connectivity index (χ1v) is 6.34. The summed E-state index contributed by atoms with van der Waals surface area (Å²) in [4.78, 5) is 3.99. The zero-order valence-electron chi connectivity index (χ0n) is 10.9. The van der Waals surface area contributed by atoms with E-state index < -0.39 is 6.10 Å². The van der Waals surface area contributed by atoms with Crippen molar-refractivity contribution in [3.63, 3.8) is 0 Å². The van der Waals surface area contributed by atoms with E-state index in [-0.39, 0.29) is 0 Å². The third-order valence-corrected chi connectivity index (χ3v) is 2.73. The second kappa shape index (κ2) is 6.75. The number of ether oxygens (including phenoxy) is 1. The Kier molecular flexibility index (Phi) is 4.75. The molecule has 0 saturated carbocycles. The summed E-state index contributed by atoms with van der Waals surface area (Å²) in [7, 11) is 0. The van der Waals surface area contributed by atoms with Crippen molar-refractivity contribution in [2.24, 2.45) is 0 Å². The predicted molar refractivity (Wildman–Crippen MR) is 75.3 cm³/mol. The van der Waals surface area contributed by atoms with Crippen LogP contribution in [0.5, 0.6) is 5.75 Å². The molecule has 0 aliphatic rings. The number of aromatic nitrogens is 1. The zero-order chi connectivity index (χ0) is 13.5. The Bertz CT molecular complexity index is 485. The molecule has 19 heavy (non-hydrogen) atoms. The van der Waals surface area contributed by atoms with Crippen LogP contribution in [-0.2, 0) is 0 Å². The molecule has 2 N–H and O–H groups in total. The lowest BCUT2D eigenvalue weighted by Gasteiger charge is -2.13. The smallest absolute Gasteiger partial charge is 0.119 e. The van der Waals surface area contributed by atoms with Gasteiger partial charge in [0.15, 0.2) is 0 Å². The standard InChI is InChI=1S/C15H18N2O2/c1-2-19-14-7-5-13(6-8-14)17-11-15(18)12-4-3-9-16-10-12/h3-10,15,17-18H,2,11H2,1H3. The van der Waals surface area contributed by atoms with Gasteiger partial charge in [-0.05, 0) is 37.3 Å². The summed E-state index contributed by atoms with van der Waals surface area (Å²) in [5.74, 6) is 0.848. The van der Waals surface area contributed by atoms with Crippen molar-refractivity contribution < 1.29 is 9.84 Å². The van der Waals surface area contributed by atoms with Gasteiger partial charge in [-0.25, -0.2) is 0 Å². The third kappa shape index (κ3) is 3.96. The van der Waals surface area contributed by atoms with Crippen molar-refractivity contribution in [1.82, 2.24) is 4.98 Å². The molecule has 1 unspecified atom stereocenters. The van der Waals surface area contributed by atoms with Gasteiger partial charge in [-0.1, -0.05) is 6.07 Å². The van der Waals surface area contributed by atoms with Crippen molar-refractivity contribution >= 4 is 5.69 Å². The molecule has 0 spiro atoms. The lowest BCUT2D eigenvalue weighted by molar-refractivity contribution is 0.191. The van der Waals surface area contributed by atoms with Crippen molar-refractivity contribution in [3.8, 4) is 5.75 Å². The largest absolute Gasteiger partial charge is 0.494 e. The molecule has 2 aromatic rings. The molecule has 2 rings (SSSR count). The first kappa shape index (κ1) is 13.4. The molecule has 4 heteroatoms. The van der Waals surface area contributed by atoms with Crippen LogP contribution >= 0.6 is 0 Å². The Morgan fingerprint density at radius 3 is 2.68 bits per heavy atom. The number of benzene rings is 1. The van der Waals surface area contributed by atoms with E-state index in [0.717, 1.165) is 17.0 Å². The highest BCUT2D eigenvalue weighted by molar-refractivity contribution is 5.46. The monoisotopic (exact) mass is 258 g/mol. The Balaban J connectivity index is 1.88. The van der Waals surface area contributed by atoms with E-state index >= 15 is 0 Å². The number of nitrogens with one attached hydrogen (secondary N) is 1. The van der Waals surface area contributed by atoms with Crippen LogP contribution in [0.15, 0.2) is 48.8 Å². The van der Waals surface area contributed by atoms with E-state index in [0.29, 0.717) is 13.2 Å². The van der Waals surface area contributed by atoms with Gasteiger partial charge in [0.2, 0.25) is 0 Å². The van der Waals surface area contributed by atoms with E-state index in [2.05, 4.69) is 10.3 Å². The number of aliphatic hydroxyl groups is 1. The van der Waals surface area contributed by atoms with Crippen LogP contribution in [0.3, 0.4) is 0 Å². The van der Waals surface area contributed by atoms with E-state index in [4.69, 9.17) is 4.74 Å². The van der Waals surface area contributed by atoms with Crippen LogP contribution in [0.1, 0.15) is 18.6 Å². The van der Waals surface area contributed by atoms with E-state index in [1.54, 1.807) is 12.4 Å². The number of hydrogen-bond donors (Lipinski definition) is 2. The molecule has 0 aliphatic heterocycles. The van der Waals surface area contributed by atoms with Crippen LogP contribution in [0, 0.1) is 0 Å². The maximum Gasteiger partial charge on any atom is 0.119 e. The average Bonchev–Trinajstić information content (AvgIpc) is 2.47. The molecule has 100 valence electrons. The average molecular weight is 258 g/mol. The molecule has 1 aromatic carbocycles. The molecule has 0 bridgehead atoms. The van der Waals surface area contributed by atoms with Crippen LogP contribution in [0.4, 0.5) is 5.69 Å². The van der Waals surface area contributed by atoms with Crippen LogP contribution in [0.2, 0.25) is 0 Å². The highest BCUT2D eigenvalue weighted by Gasteiger charge is 2.06. The summed E-state index contributed by atoms with van der Waals surface area (Å²) in [5.41, 5.74) is 1.76. The fraction of sp³-hybridized carbons (Fsp3) is 0.267. The lowest BCUT2D eigenvalue weighted by atomic mass is 10.1. The van der Waals surface area contributed by atoms with Crippen molar-refractivity contribution in [1.29, 1.82) is 0 Å². The highest BCUT2D eigenvalue weighted by Crippen LogP contribution is 2.17. The molecule has 0 saturated heterocycles. The topological polar surface area (TPSA) is 54.4 Å². The summed E-state index contributed by atoms with van der Waals surface area (Å²) < 4.78 is 5.37. The van der Waals surface area contributed by atoms with Gasteiger partial charge in [-0.3, -0.25) is 4.98 Å². The summed E-state index contributed by atoms with van der Waals surface area (Å²) in [6.07, 6.45) is 2.79. The van der Waals surface area contributed by atoms with Gasteiger partial charge in [0.05, 0.1) is 12.7 Å². The number of pyridine rings is 1. The third-order valence-electron chi connectivity index (χ3n) is 2.73. The Morgan fingerprint density at radius 1 is 1.26 bits per heavy atom. The zero-order valence-corrected chi connectivity index (χ0v) is 10.9. The maximum atomic E-state index is 9.99. The first-order valence-electron chi connectivity index (χ1n) is 6.34. The molecule has 4 nitrogen and oxygen atoms in total. The quantitative estimate of drug-likeness (QED) is 0.836. The molecular formula is C15H18N2O2. The van der Waals surface area contributed by atoms with Crippen molar-refractivity contribution in [3.05, 3.63) is 54.4 Å². The van der Waals surface area contributed by atoms with Crippen molar-refractivity contribution in [2.75, 3.05) is 18.5 Å². The first-order chi connectivity index (χ1) is 9.29. The van der Waals surface area contributed by atoms with Crippen LogP contribution in [0.25, 0.3) is 0 Å². The highest BCUT2D eigenvalue weighted by atomic mass is 16.5. The number of anilines is 1. The van der Waals surface area contributed by atoms with Gasteiger partial charge in [0.1, 0.15) is 5.75 Å². The summed E-state index contributed by atoms with van der Waals surface area (Å²) >= 11 is 0. The normalized spacial score (nSPS) is 11.9. The number of aliphatic hydroxyl groups excluding tert-OH is 1. The van der Waals surface area contributed by atoms with Crippen molar-refractivity contribution in [2.45, 2.75) is 13.0 Å². The van der Waals surface area contributed by atoms with Gasteiger partial charge < -0.3 is 15.2 Å². The van der Waals surface area contributed by atoms with Gasteiger partial charge in [0, 0.05) is 30.2 Å². The van der Waals surface area contributed by atoms with Crippen LogP contribution in [-0.4, -0.2) is 23.2 Å². The molecule has 0 fully saturated rings. The summed E-state index contributed by atoms with van der Waals surface area (Å²) in [6, 6.07) is 11.3. The van der Waals surface area contributed by atoms with Gasteiger partial charge in [-0.15, -0.1) is 0 Å². The Morgan fingerprint density at radius 2 is 2.05 bits per heavy atom. The van der Waals surface area contributed by atoms with E-state index in [1.807, 2.05) is 43.3 Å². The Hall–Kier alpha value is -2.07. The second-order valence-corrected chi connectivity index (χ2v) is 4.14. The molecule has 1 heterocycles. The fourth-order valence-corrected chi connectivity index (χ4v) is 1.74. The van der Waals surface area contributed by atoms with E-state index in [9.17, 15) is 5.11 Å². The summed E-state index contributed by atoms with van der Waals surface area (Å²) in [5, 5.41) is 13.2. The predicted octanol–water partition coefficient (Wildman–Crippen LogP) is 2.63. The van der Waals surface area contributed by atoms with E-state index in [1.165, 1.54) is 0 Å². The molecule has 1 atom stereocenters. The van der Waals surface area contributed by atoms with Gasteiger partial charge in [0.25, 0.3) is 0 Å². The number of rotatable bonds is 6. The minimum atomic E-state index is -0.569. The van der Waals surface area contributed by atoms with Crippen LogP contribution < -0.4 is 10.1 Å². The molecule has 0 aliphatic carbocycles. The molecular weight excluding hydrogens is 240 g/mol. The minimum absolute atomic E-state index is 0.444. The summed E-state index contributed by atoms with van der Waals surface area (Å²) in [6.45, 7) is 3.06. The number of hydrogen-bond acceptors (Lipinski definition) is 4. The fourth-order valence-electron chi connectivity index (χ4n) is 1.74. The van der Waals surface area contributed by atoms with Gasteiger partial charge >= 0.3 is 0 Å². The molecule has 0 radical (unpaired) electrons.